The highest BCUT2D eigenvalue weighted by atomic mass is 79.9. The summed E-state index contributed by atoms with van der Waals surface area (Å²) < 4.78 is 11.9. The molecule has 0 heterocycles. The number of nitrogens with one attached hydrogen (secondary N) is 1. The fraction of sp³-hybridized carbons (Fsp3) is 0.571. The Hall–Kier alpha value is -0.580. The second kappa shape index (κ2) is 9.36. The zero-order chi connectivity index (χ0) is 13.2. The average Bonchev–Trinajstić information content (AvgIpc) is 2.38. The van der Waals surface area contributed by atoms with E-state index >= 15 is 0 Å². The highest BCUT2D eigenvalue weighted by Gasteiger charge is 2.07. The van der Waals surface area contributed by atoms with Crippen LogP contribution in [0.3, 0.4) is 0 Å². The third kappa shape index (κ3) is 5.38. The first kappa shape index (κ1) is 15.5. The molecule has 1 aromatic carbocycles. The van der Waals surface area contributed by atoms with Gasteiger partial charge in [-0.05, 0) is 41.4 Å². The summed E-state index contributed by atoms with van der Waals surface area (Å²) >= 11 is 3.54. The van der Waals surface area contributed by atoms with Gasteiger partial charge in [0.1, 0.15) is 5.75 Å². The van der Waals surface area contributed by atoms with Crippen molar-refractivity contribution < 1.29 is 9.47 Å². The van der Waals surface area contributed by atoms with E-state index in [2.05, 4.69) is 34.2 Å². The van der Waals surface area contributed by atoms with Crippen molar-refractivity contribution >= 4 is 15.9 Å². The predicted octanol–water partition coefficient (Wildman–Crippen LogP) is 3.36. The summed E-state index contributed by atoms with van der Waals surface area (Å²) in [5.41, 5.74) is 1.19. The van der Waals surface area contributed by atoms with E-state index in [0.29, 0.717) is 0 Å². The normalized spacial score (nSPS) is 10.6. The van der Waals surface area contributed by atoms with Crippen molar-refractivity contribution in [2.75, 3.05) is 26.9 Å². The molecule has 1 aromatic rings. The van der Waals surface area contributed by atoms with E-state index in [9.17, 15) is 0 Å². The number of hydrogen-bond donors (Lipinski definition) is 1. The molecule has 0 aliphatic rings. The van der Waals surface area contributed by atoms with Gasteiger partial charge in [-0.25, -0.2) is 0 Å². The van der Waals surface area contributed by atoms with Crippen LogP contribution in [0.2, 0.25) is 0 Å². The highest BCUT2D eigenvalue weighted by Crippen LogP contribution is 2.29. The monoisotopic (exact) mass is 315 g/mol. The van der Waals surface area contributed by atoms with Gasteiger partial charge in [0, 0.05) is 25.8 Å². The number of methoxy groups -OCH3 is 1. The Morgan fingerprint density at radius 1 is 1.22 bits per heavy atom. The number of ether oxygens (including phenoxy) is 2. The Kier molecular flexibility index (Phi) is 8.05. The Bertz CT molecular complexity index is 345. The van der Waals surface area contributed by atoms with Crippen molar-refractivity contribution in [2.24, 2.45) is 0 Å². The molecule has 0 amide bonds. The van der Waals surface area contributed by atoms with Gasteiger partial charge in [0.25, 0.3) is 0 Å². The molecular formula is C14H22BrNO2. The van der Waals surface area contributed by atoms with E-state index in [1.54, 1.807) is 7.11 Å². The highest BCUT2D eigenvalue weighted by molar-refractivity contribution is 9.10. The number of benzene rings is 1. The van der Waals surface area contributed by atoms with Crippen LogP contribution in [0.5, 0.6) is 5.75 Å². The fourth-order valence-corrected chi connectivity index (χ4v) is 2.16. The molecule has 0 aliphatic carbocycles. The molecule has 0 aliphatic heterocycles. The fourth-order valence-electron chi connectivity index (χ4n) is 1.64. The SMILES string of the molecule is CCNCc1cccc(Br)c1OCCCCOC. The number of hydrogen-bond acceptors (Lipinski definition) is 3. The summed E-state index contributed by atoms with van der Waals surface area (Å²) in [6.07, 6.45) is 2.04. The largest absolute Gasteiger partial charge is 0.492 e. The van der Waals surface area contributed by atoms with Crippen LogP contribution in [0, 0.1) is 0 Å². The Labute approximate surface area is 118 Å². The summed E-state index contributed by atoms with van der Waals surface area (Å²) in [7, 11) is 1.73. The molecule has 4 heteroatoms. The summed E-state index contributed by atoms with van der Waals surface area (Å²) in [5.74, 6) is 0.955. The molecule has 0 radical (unpaired) electrons. The van der Waals surface area contributed by atoms with E-state index in [-0.39, 0.29) is 0 Å². The minimum Gasteiger partial charge on any atom is -0.492 e. The van der Waals surface area contributed by atoms with Crippen molar-refractivity contribution in [3.05, 3.63) is 28.2 Å². The molecule has 102 valence electrons. The topological polar surface area (TPSA) is 30.5 Å². The molecule has 0 atom stereocenters. The van der Waals surface area contributed by atoms with Crippen LogP contribution in [0.25, 0.3) is 0 Å². The van der Waals surface area contributed by atoms with Crippen LogP contribution in [0.1, 0.15) is 25.3 Å². The molecule has 0 unspecified atom stereocenters. The standard InChI is InChI=1S/C14H22BrNO2/c1-3-16-11-12-7-6-8-13(15)14(12)18-10-5-4-9-17-2/h6-8,16H,3-5,9-11H2,1-2H3. The van der Waals surface area contributed by atoms with Gasteiger partial charge in [-0.3, -0.25) is 0 Å². The van der Waals surface area contributed by atoms with Gasteiger partial charge < -0.3 is 14.8 Å². The van der Waals surface area contributed by atoms with Crippen molar-refractivity contribution in [2.45, 2.75) is 26.3 Å². The molecule has 0 aromatic heterocycles. The number of rotatable bonds is 9. The average molecular weight is 316 g/mol. The number of para-hydroxylation sites is 1. The first-order valence-corrected chi connectivity index (χ1v) is 7.18. The van der Waals surface area contributed by atoms with Crippen LogP contribution in [0.15, 0.2) is 22.7 Å². The lowest BCUT2D eigenvalue weighted by Crippen LogP contribution is -2.13. The van der Waals surface area contributed by atoms with Crippen molar-refractivity contribution in [1.29, 1.82) is 0 Å². The molecule has 0 spiro atoms. The second-order valence-electron chi connectivity index (χ2n) is 4.06. The maximum atomic E-state index is 5.87. The minimum absolute atomic E-state index is 0.727. The van der Waals surface area contributed by atoms with Gasteiger partial charge in [0.15, 0.2) is 0 Å². The van der Waals surface area contributed by atoms with Crippen molar-refractivity contribution in [1.82, 2.24) is 5.32 Å². The second-order valence-corrected chi connectivity index (χ2v) is 4.91. The molecule has 0 saturated carbocycles. The van der Waals surface area contributed by atoms with E-state index in [4.69, 9.17) is 9.47 Å². The van der Waals surface area contributed by atoms with Crippen LogP contribution in [-0.4, -0.2) is 26.9 Å². The van der Waals surface area contributed by atoms with Gasteiger partial charge in [-0.2, -0.15) is 0 Å². The lowest BCUT2D eigenvalue weighted by atomic mass is 10.2. The number of unbranched alkanes of at least 4 members (excludes halogenated alkanes) is 1. The molecule has 3 nitrogen and oxygen atoms in total. The molecule has 0 fully saturated rings. The third-order valence-corrected chi connectivity index (χ3v) is 3.23. The molecular weight excluding hydrogens is 294 g/mol. The van der Waals surface area contributed by atoms with E-state index < -0.39 is 0 Å². The van der Waals surface area contributed by atoms with Gasteiger partial charge >= 0.3 is 0 Å². The van der Waals surface area contributed by atoms with Crippen LogP contribution in [-0.2, 0) is 11.3 Å². The maximum Gasteiger partial charge on any atom is 0.137 e. The third-order valence-electron chi connectivity index (χ3n) is 2.60. The van der Waals surface area contributed by atoms with Crippen molar-refractivity contribution in [3.63, 3.8) is 0 Å². The van der Waals surface area contributed by atoms with Crippen LogP contribution >= 0.6 is 15.9 Å². The number of halogens is 1. The summed E-state index contributed by atoms with van der Waals surface area (Å²) in [5, 5.41) is 3.32. The smallest absolute Gasteiger partial charge is 0.137 e. The molecule has 18 heavy (non-hydrogen) atoms. The Balaban J connectivity index is 2.50. The van der Waals surface area contributed by atoms with E-state index in [1.165, 1.54) is 5.56 Å². The maximum absolute atomic E-state index is 5.87. The van der Waals surface area contributed by atoms with Crippen LogP contribution in [0.4, 0.5) is 0 Å². The van der Waals surface area contributed by atoms with E-state index in [1.807, 2.05) is 12.1 Å². The Morgan fingerprint density at radius 3 is 2.72 bits per heavy atom. The van der Waals surface area contributed by atoms with Gasteiger partial charge in [-0.15, -0.1) is 0 Å². The zero-order valence-corrected chi connectivity index (χ0v) is 12.8. The lowest BCUT2D eigenvalue weighted by Gasteiger charge is -2.13. The predicted molar refractivity (Wildman–Crippen MR) is 78.1 cm³/mol. The van der Waals surface area contributed by atoms with Gasteiger partial charge in [0.05, 0.1) is 11.1 Å². The van der Waals surface area contributed by atoms with Crippen LogP contribution < -0.4 is 10.1 Å². The molecule has 1 N–H and O–H groups in total. The quantitative estimate of drug-likeness (QED) is 0.709. The Morgan fingerprint density at radius 2 is 2.00 bits per heavy atom. The molecule has 0 saturated heterocycles. The first-order valence-electron chi connectivity index (χ1n) is 6.39. The lowest BCUT2D eigenvalue weighted by molar-refractivity contribution is 0.184. The summed E-state index contributed by atoms with van der Waals surface area (Å²) in [6.45, 7) is 5.42. The molecule has 1 rings (SSSR count). The van der Waals surface area contributed by atoms with Gasteiger partial charge in [0.2, 0.25) is 0 Å². The van der Waals surface area contributed by atoms with Crippen molar-refractivity contribution in [3.8, 4) is 5.75 Å². The summed E-state index contributed by atoms with van der Waals surface area (Å²) in [4.78, 5) is 0. The molecule has 0 bridgehead atoms. The minimum atomic E-state index is 0.727. The van der Waals surface area contributed by atoms with Gasteiger partial charge in [-0.1, -0.05) is 19.1 Å². The first-order chi connectivity index (χ1) is 8.79. The zero-order valence-electron chi connectivity index (χ0n) is 11.2. The van der Waals surface area contributed by atoms with E-state index in [0.717, 1.165) is 49.4 Å². The summed E-state index contributed by atoms with van der Waals surface area (Å²) in [6, 6.07) is 6.15.